The molecule has 3 aromatic carbocycles. The molecule has 0 bridgehead atoms. The number of methoxy groups -OCH3 is 2. The van der Waals surface area contributed by atoms with Crippen LogP contribution in [0.25, 0.3) is 0 Å². The second kappa shape index (κ2) is 9.94. The van der Waals surface area contributed by atoms with Gasteiger partial charge in [-0.05, 0) is 73.9 Å². The van der Waals surface area contributed by atoms with Gasteiger partial charge in [-0.1, -0.05) is 23.8 Å². The zero-order valence-electron chi connectivity index (χ0n) is 19.0. The maximum Gasteiger partial charge on any atom is 0.240 e. The summed E-state index contributed by atoms with van der Waals surface area (Å²) in [7, 11) is -4.72. The Morgan fingerprint density at radius 1 is 0.788 bits per heavy atom. The van der Waals surface area contributed by atoms with Crippen LogP contribution in [0.3, 0.4) is 0 Å². The number of sulfone groups is 1. The first-order chi connectivity index (χ1) is 15.6. The highest BCUT2D eigenvalue weighted by Gasteiger charge is 2.23. The first kappa shape index (κ1) is 24.8. The van der Waals surface area contributed by atoms with Crippen molar-refractivity contribution >= 4 is 19.9 Å². The SMILES string of the molecule is COc1ccc(OC)c(CCNS(=O)(=O)c2cc(S(=O)(=O)c3ccc(C)cc3)ccc2C)c1. The number of hydrogen-bond donors (Lipinski definition) is 1. The summed E-state index contributed by atoms with van der Waals surface area (Å²) < 4.78 is 65.2. The van der Waals surface area contributed by atoms with Crippen molar-refractivity contribution in [3.8, 4) is 11.5 Å². The van der Waals surface area contributed by atoms with Crippen LogP contribution in [0.15, 0.2) is 75.4 Å². The molecule has 0 saturated heterocycles. The molecule has 0 spiro atoms. The van der Waals surface area contributed by atoms with E-state index in [1.165, 1.54) is 30.3 Å². The van der Waals surface area contributed by atoms with Gasteiger partial charge < -0.3 is 9.47 Å². The molecule has 0 heterocycles. The third-order valence-corrected chi connectivity index (χ3v) is 8.64. The van der Waals surface area contributed by atoms with Gasteiger partial charge in [0.2, 0.25) is 19.9 Å². The lowest BCUT2D eigenvalue weighted by Crippen LogP contribution is -2.27. The predicted molar refractivity (Wildman–Crippen MR) is 126 cm³/mol. The summed E-state index contributed by atoms with van der Waals surface area (Å²) in [5.74, 6) is 1.26. The Morgan fingerprint density at radius 3 is 2.09 bits per heavy atom. The van der Waals surface area contributed by atoms with Gasteiger partial charge in [-0.2, -0.15) is 0 Å². The molecule has 176 valence electrons. The van der Waals surface area contributed by atoms with Crippen LogP contribution in [-0.4, -0.2) is 37.6 Å². The average Bonchev–Trinajstić information content (AvgIpc) is 2.79. The van der Waals surface area contributed by atoms with Gasteiger partial charge in [0, 0.05) is 6.54 Å². The van der Waals surface area contributed by atoms with E-state index >= 15 is 0 Å². The van der Waals surface area contributed by atoms with E-state index in [4.69, 9.17) is 9.47 Å². The number of nitrogens with one attached hydrogen (secondary N) is 1. The highest BCUT2D eigenvalue weighted by Crippen LogP contribution is 2.27. The van der Waals surface area contributed by atoms with Gasteiger partial charge in [-0.3, -0.25) is 0 Å². The Hall–Kier alpha value is -2.88. The van der Waals surface area contributed by atoms with Gasteiger partial charge >= 0.3 is 0 Å². The zero-order valence-corrected chi connectivity index (χ0v) is 20.6. The fraction of sp³-hybridized carbons (Fsp3) is 0.250. The van der Waals surface area contributed by atoms with Crippen molar-refractivity contribution in [3.63, 3.8) is 0 Å². The van der Waals surface area contributed by atoms with Gasteiger partial charge in [0.1, 0.15) is 11.5 Å². The highest BCUT2D eigenvalue weighted by atomic mass is 32.2. The van der Waals surface area contributed by atoms with Crippen LogP contribution in [0.2, 0.25) is 0 Å². The first-order valence-electron chi connectivity index (χ1n) is 10.2. The van der Waals surface area contributed by atoms with E-state index < -0.39 is 19.9 Å². The van der Waals surface area contributed by atoms with Crippen LogP contribution >= 0.6 is 0 Å². The Kier molecular flexibility index (Phi) is 7.46. The normalized spacial score (nSPS) is 11.9. The summed E-state index contributed by atoms with van der Waals surface area (Å²) >= 11 is 0. The van der Waals surface area contributed by atoms with Gasteiger partial charge in [-0.15, -0.1) is 0 Å². The summed E-state index contributed by atoms with van der Waals surface area (Å²) in [5.41, 5.74) is 2.16. The lowest BCUT2D eigenvalue weighted by molar-refractivity contribution is 0.398. The van der Waals surface area contributed by atoms with Crippen LogP contribution in [-0.2, 0) is 26.3 Å². The molecule has 0 aromatic heterocycles. The van der Waals surface area contributed by atoms with Crippen molar-refractivity contribution in [2.75, 3.05) is 20.8 Å². The number of rotatable bonds is 9. The van der Waals surface area contributed by atoms with Crippen molar-refractivity contribution in [2.24, 2.45) is 0 Å². The second-order valence-electron chi connectivity index (χ2n) is 7.57. The van der Waals surface area contributed by atoms with Crippen LogP contribution < -0.4 is 14.2 Å². The van der Waals surface area contributed by atoms with Gasteiger partial charge in [0.05, 0.1) is 28.9 Å². The molecule has 0 unspecified atom stereocenters. The van der Waals surface area contributed by atoms with E-state index in [0.717, 1.165) is 11.1 Å². The summed E-state index contributed by atoms with van der Waals surface area (Å²) in [4.78, 5) is -0.0431. The van der Waals surface area contributed by atoms with E-state index in [9.17, 15) is 16.8 Å². The monoisotopic (exact) mass is 489 g/mol. The predicted octanol–water partition coefficient (Wildman–Crippen LogP) is 3.67. The van der Waals surface area contributed by atoms with Gasteiger partial charge in [0.15, 0.2) is 0 Å². The number of sulfonamides is 1. The van der Waals surface area contributed by atoms with Crippen molar-refractivity contribution < 1.29 is 26.3 Å². The third kappa shape index (κ3) is 5.55. The fourth-order valence-electron chi connectivity index (χ4n) is 3.37. The van der Waals surface area contributed by atoms with E-state index in [2.05, 4.69) is 4.72 Å². The standard InChI is InChI=1S/C24H27NO6S2/c1-17-5-9-21(10-6-17)32(26,27)22-11-7-18(2)24(16-22)33(28,29)25-14-13-19-15-20(30-3)8-12-23(19)31-4/h5-12,15-16,25H,13-14H2,1-4H3. The smallest absolute Gasteiger partial charge is 0.240 e. The van der Waals surface area contributed by atoms with Gasteiger partial charge in [-0.25, -0.2) is 21.6 Å². The first-order valence-corrected chi connectivity index (χ1v) is 13.2. The number of aryl methyl sites for hydroxylation is 2. The van der Waals surface area contributed by atoms with Crippen molar-refractivity contribution in [1.29, 1.82) is 0 Å². The summed E-state index contributed by atoms with van der Waals surface area (Å²) in [6.07, 6.45) is 0.361. The maximum absolute atomic E-state index is 13.0. The Bertz CT molecular complexity index is 1350. The molecular weight excluding hydrogens is 462 g/mol. The average molecular weight is 490 g/mol. The summed E-state index contributed by atoms with van der Waals surface area (Å²) in [6, 6.07) is 15.9. The lowest BCUT2D eigenvalue weighted by atomic mass is 10.1. The third-order valence-electron chi connectivity index (χ3n) is 5.26. The number of hydrogen-bond acceptors (Lipinski definition) is 6. The second-order valence-corrected chi connectivity index (χ2v) is 11.3. The minimum Gasteiger partial charge on any atom is -0.497 e. The summed E-state index contributed by atoms with van der Waals surface area (Å²) in [6.45, 7) is 3.59. The molecular formula is C24H27NO6S2. The van der Waals surface area contributed by atoms with Crippen molar-refractivity contribution in [1.82, 2.24) is 4.72 Å². The molecule has 7 nitrogen and oxygen atoms in total. The minimum absolute atomic E-state index is 0.0757. The van der Waals surface area contributed by atoms with Crippen molar-refractivity contribution in [2.45, 2.75) is 35.0 Å². The molecule has 0 amide bonds. The molecule has 0 saturated carbocycles. The highest BCUT2D eigenvalue weighted by molar-refractivity contribution is 7.91. The maximum atomic E-state index is 13.0. The fourth-order valence-corrected chi connectivity index (χ4v) is 6.03. The molecule has 0 atom stereocenters. The van der Waals surface area contributed by atoms with Gasteiger partial charge in [0.25, 0.3) is 0 Å². The lowest BCUT2D eigenvalue weighted by Gasteiger charge is -2.13. The molecule has 33 heavy (non-hydrogen) atoms. The Balaban J connectivity index is 1.85. The van der Waals surface area contributed by atoms with Crippen molar-refractivity contribution in [3.05, 3.63) is 77.4 Å². The van der Waals surface area contributed by atoms with Crippen LogP contribution in [0.1, 0.15) is 16.7 Å². The quantitative estimate of drug-likeness (QED) is 0.492. The molecule has 3 aromatic rings. The van der Waals surface area contributed by atoms with Crippen LogP contribution in [0.5, 0.6) is 11.5 Å². The summed E-state index contributed by atoms with van der Waals surface area (Å²) in [5, 5.41) is 0. The van der Waals surface area contributed by atoms with E-state index in [0.29, 0.717) is 23.5 Å². The Labute approximate surface area is 195 Å². The van der Waals surface area contributed by atoms with E-state index in [1.54, 1.807) is 51.5 Å². The topological polar surface area (TPSA) is 98.8 Å². The molecule has 0 radical (unpaired) electrons. The minimum atomic E-state index is -3.95. The molecule has 0 fully saturated rings. The van der Waals surface area contributed by atoms with Crippen LogP contribution in [0.4, 0.5) is 0 Å². The Morgan fingerprint density at radius 2 is 1.45 bits per heavy atom. The zero-order chi connectivity index (χ0) is 24.2. The molecule has 9 heteroatoms. The number of ether oxygens (including phenoxy) is 2. The molecule has 0 aliphatic heterocycles. The molecule has 3 rings (SSSR count). The molecule has 0 aliphatic carbocycles. The number of benzene rings is 3. The van der Waals surface area contributed by atoms with E-state index in [-0.39, 0.29) is 21.2 Å². The van der Waals surface area contributed by atoms with E-state index in [1.807, 2.05) is 6.92 Å². The van der Waals surface area contributed by atoms with Crippen LogP contribution in [0, 0.1) is 13.8 Å². The molecule has 1 N–H and O–H groups in total. The molecule has 0 aliphatic rings. The largest absolute Gasteiger partial charge is 0.497 e.